The lowest BCUT2D eigenvalue weighted by Crippen LogP contribution is -2.44. The number of alkyl carbamates (subject to hydrolysis) is 1. The Kier molecular flexibility index (Phi) is 7.68. The number of nitriles is 1. The Hall–Kier alpha value is -3.95. The Bertz CT molecular complexity index is 1390. The maximum Gasteiger partial charge on any atom is 0.407 e. The zero-order valence-corrected chi connectivity index (χ0v) is 23.4. The number of allylic oxidation sites excluding steroid dienone is 1. The fourth-order valence-corrected chi connectivity index (χ4v) is 5.37. The molecule has 2 aliphatic rings. The molecule has 9 heteroatoms. The van der Waals surface area contributed by atoms with Crippen molar-refractivity contribution >= 4 is 6.09 Å². The second-order valence-corrected chi connectivity index (χ2v) is 11.9. The average Bonchev–Trinajstić information content (AvgIpc) is 3.22. The van der Waals surface area contributed by atoms with Gasteiger partial charge in [-0.1, -0.05) is 52.5 Å². The van der Waals surface area contributed by atoms with Crippen LogP contribution < -0.4 is 15.8 Å². The first-order valence-corrected chi connectivity index (χ1v) is 13.2. The van der Waals surface area contributed by atoms with E-state index in [1.807, 2.05) is 59.7 Å². The van der Waals surface area contributed by atoms with Crippen molar-refractivity contribution in [2.24, 2.45) is 23.0 Å². The summed E-state index contributed by atoms with van der Waals surface area (Å²) in [6.45, 7) is 12.2. The van der Waals surface area contributed by atoms with Crippen LogP contribution >= 0.6 is 0 Å². The molecule has 0 bridgehead atoms. The van der Waals surface area contributed by atoms with Crippen molar-refractivity contribution in [3.05, 3.63) is 57.6 Å². The number of aryl methyl sites for hydroxylation is 1. The lowest BCUT2D eigenvalue weighted by Gasteiger charge is -2.41. The number of fused-ring (bicyclic) bond motifs is 1. The maximum absolute atomic E-state index is 12.0. The Morgan fingerprint density at radius 2 is 2.08 bits per heavy atom. The van der Waals surface area contributed by atoms with Crippen LogP contribution in [0.4, 0.5) is 4.79 Å². The van der Waals surface area contributed by atoms with E-state index in [9.17, 15) is 15.2 Å². The van der Waals surface area contributed by atoms with Crippen LogP contribution in [0.5, 0.6) is 5.88 Å². The number of nitrogens with one attached hydrogen (secondary N) is 2. The van der Waals surface area contributed by atoms with Crippen LogP contribution in [0.25, 0.3) is 0 Å². The van der Waals surface area contributed by atoms with Gasteiger partial charge in [-0.05, 0) is 54.4 Å². The summed E-state index contributed by atoms with van der Waals surface area (Å²) in [7, 11) is 0. The Morgan fingerprint density at radius 3 is 2.69 bits per heavy atom. The fourth-order valence-electron chi connectivity index (χ4n) is 5.37. The van der Waals surface area contributed by atoms with Crippen molar-refractivity contribution in [1.29, 1.82) is 5.26 Å². The molecule has 1 atom stereocenters. The van der Waals surface area contributed by atoms with Gasteiger partial charge in [0.1, 0.15) is 11.6 Å². The zero-order chi connectivity index (χ0) is 28.5. The highest BCUT2D eigenvalue weighted by Gasteiger charge is 2.50. The first-order chi connectivity index (χ1) is 18.4. The molecule has 1 aromatic heterocycles. The van der Waals surface area contributed by atoms with Gasteiger partial charge in [-0.3, -0.25) is 5.10 Å². The van der Waals surface area contributed by atoms with Crippen LogP contribution in [-0.4, -0.2) is 34.0 Å². The van der Waals surface area contributed by atoms with Gasteiger partial charge in [0.2, 0.25) is 11.8 Å². The highest BCUT2D eigenvalue weighted by Crippen LogP contribution is 2.52. The van der Waals surface area contributed by atoms with Crippen LogP contribution in [-0.2, 0) is 16.8 Å². The minimum absolute atomic E-state index is 0.0151. The minimum Gasteiger partial charge on any atom is -0.449 e. The molecule has 2 aromatic rings. The van der Waals surface area contributed by atoms with E-state index in [1.165, 1.54) is 0 Å². The number of carbonyl (C=O) groups is 1. The molecule has 39 heavy (non-hydrogen) atoms. The molecule has 0 radical (unpaired) electrons. The first-order valence-electron chi connectivity index (χ1n) is 13.2. The van der Waals surface area contributed by atoms with E-state index >= 15 is 0 Å². The third-order valence-corrected chi connectivity index (χ3v) is 7.28. The highest BCUT2D eigenvalue weighted by molar-refractivity contribution is 5.68. The molecule has 9 nitrogen and oxygen atoms in total. The summed E-state index contributed by atoms with van der Waals surface area (Å²) in [5.74, 6) is 6.96. The van der Waals surface area contributed by atoms with E-state index in [-0.39, 0.29) is 35.8 Å². The van der Waals surface area contributed by atoms with E-state index in [4.69, 9.17) is 15.2 Å². The van der Waals surface area contributed by atoms with Gasteiger partial charge in [0.05, 0.1) is 24.2 Å². The summed E-state index contributed by atoms with van der Waals surface area (Å²) < 4.78 is 11.0. The van der Waals surface area contributed by atoms with Gasteiger partial charge in [0.25, 0.3) is 0 Å². The summed E-state index contributed by atoms with van der Waals surface area (Å²) in [4.78, 5) is 12.0. The van der Waals surface area contributed by atoms with Crippen LogP contribution in [0.15, 0.2) is 29.7 Å². The standard InChI is InChI=1S/C30H37N5O4/c1-17(2)30(24(14-31)26(32)39-27-25(30)18(3)34-35-27)22-10-19(9-21(11-22)15-36)7-8-20-12-23(13-20)33-28(37)38-16-29(4,5)6/h9-11,17,20,23,36H,12-13,15-16,32H2,1-6H3,(H,33,37)(H,34,35). The second-order valence-electron chi connectivity index (χ2n) is 11.9. The van der Waals surface area contributed by atoms with E-state index in [0.29, 0.717) is 23.6 Å². The topological polar surface area (TPSA) is 146 Å². The number of amides is 1. The Labute approximate surface area is 229 Å². The molecule has 1 saturated carbocycles. The summed E-state index contributed by atoms with van der Waals surface area (Å²) in [6.07, 6.45) is 1.09. The molecule has 1 fully saturated rings. The number of H-pyrrole nitrogens is 1. The lowest BCUT2D eigenvalue weighted by molar-refractivity contribution is 0.0973. The van der Waals surface area contributed by atoms with Gasteiger partial charge < -0.3 is 25.6 Å². The fraction of sp³-hybridized carbons (Fsp3) is 0.500. The molecular formula is C30H37N5O4. The third-order valence-electron chi connectivity index (χ3n) is 7.28. The number of aliphatic hydroxyl groups excluding tert-OH is 1. The molecule has 1 aliphatic heterocycles. The van der Waals surface area contributed by atoms with E-state index in [2.05, 4.69) is 33.4 Å². The molecule has 1 amide bonds. The third kappa shape index (κ3) is 5.46. The molecule has 1 unspecified atom stereocenters. The van der Waals surface area contributed by atoms with E-state index < -0.39 is 11.5 Å². The van der Waals surface area contributed by atoms with Crippen molar-refractivity contribution < 1.29 is 19.4 Å². The van der Waals surface area contributed by atoms with Crippen LogP contribution in [0.3, 0.4) is 0 Å². The largest absolute Gasteiger partial charge is 0.449 e. The van der Waals surface area contributed by atoms with Gasteiger partial charge in [0, 0.05) is 23.2 Å². The minimum atomic E-state index is -0.940. The number of nitrogens with zero attached hydrogens (tertiary/aromatic N) is 2. The number of hydrogen-bond acceptors (Lipinski definition) is 7. The van der Waals surface area contributed by atoms with Crippen molar-refractivity contribution in [2.75, 3.05) is 6.61 Å². The van der Waals surface area contributed by atoms with Gasteiger partial charge >= 0.3 is 6.09 Å². The van der Waals surface area contributed by atoms with Crippen LogP contribution in [0, 0.1) is 47.3 Å². The van der Waals surface area contributed by atoms with Gasteiger partial charge in [0.15, 0.2) is 0 Å². The number of aromatic nitrogens is 2. The predicted molar refractivity (Wildman–Crippen MR) is 146 cm³/mol. The molecule has 1 aromatic carbocycles. The Morgan fingerprint density at radius 1 is 1.36 bits per heavy atom. The lowest BCUT2D eigenvalue weighted by atomic mass is 9.61. The SMILES string of the molecule is Cc1[nH]nc2c1C(c1cc(C#CC3CC(NC(=O)OCC(C)(C)C)C3)cc(CO)c1)(C(C)C)C(C#N)=C(N)O2. The van der Waals surface area contributed by atoms with Crippen molar-refractivity contribution in [3.63, 3.8) is 0 Å². The Balaban J connectivity index is 1.62. The predicted octanol–water partition coefficient (Wildman–Crippen LogP) is 4.14. The monoisotopic (exact) mass is 531 g/mol. The molecular weight excluding hydrogens is 494 g/mol. The molecule has 2 heterocycles. The van der Waals surface area contributed by atoms with E-state index in [1.54, 1.807) is 0 Å². The summed E-state index contributed by atoms with van der Waals surface area (Å²) >= 11 is 0. The normalized spacial score (nSPS) is 22.1. The first kappa shape index (κ1) is 28.1. The number of nitrogens with two attached hydrogens (primary N) is 1. The number of hydrogen-bond donors (Lipinski definition) is 4. The van der Waals surface area contributed by atoms with Crippen LogP contribution in [0.2, 0.25) is 0 Å². The number of carbonyl (C=O) groups excluding carboxylic acids is 1. The number of rotatable bonds is 5. The molecule has 0 spiro atoms. The smallest absolute Gasteiger partial charge is 0.407 e. The number of ether oxygens (including phenoxy) is 2. The summed E-state index contributed by atoms with van der Waals surface area (Å²) in [6, 6.07) is 8.03. The molecule has 4 rings (SSSR count). The summed E-state index contributed by atoms with van der Waals surface area (Å²) in [5, 5.41) is 30.5. The number of aliphatic hydroxyl groups is 1. The highest BCUT2D eigenvalue weighted by atomic mass is 16.5. The quantitative estimate of drug-likeness (QED) is 0.424. The zero-order valence-electron chi connectivity index (χ0n) is 23.4. The van der Waals surface area contributed by atoms with Crippen molar-refractivity contribution in [3.8, 4) is 23.8 Å². The van der Waals surface area contributed by atoms with Crippen molar-refractivity contribution in [1.82, 2.24) is 15.5 Å². The van der Waals surface area contributed by atoms with Gasteiger partial charge in [-0.25, -0.2) is 4.79 Å². The maximum atomic E-state index is 12.0. The number of benzene rings is 1. The van der Waals surface area contributed by atoms with Gasteiger partial charge in [-0.15, -0.1) is 5.10 Å². The van der Waals surface area contributed by atoms with E-state index in [0.717, 1.165) is 35.2 Å². The molecule has 1 aliphatic carbocycles. The number of aromatic amines is 1. The van der Waals surface area contributed by atoms with Gasteiger partial charge in [-0.2, -0.15) is 5.26 Å². The molecule has 5 N–H and O–H groups in total. The molecule has 206 valence electrons. The second kappa shape index (κ2) is 10.7. The molecule has 0 saturated heterocycles. The van der Waals surface area contributed by atoms with Crippen LogP contribution in [0.1, 0.15) is 75.4 Å². The average molecular weight is 532 g/mol. The summed E-state index contributed by atoms with van der Waals surface area (Å²) in [5.41, 5.74) is 9.24. The van der Waals surface area contributed by atoms with Crippen molar-refractivity contribution in [2.45, 2.75) is 72.4 Å².